The van der Waals surface area contributed by atoms with Gasteiger partial charge >= 0.3 is 6.03 Å². The van der Waals surface area contributed by atoms with Crippen molar-refractivity contribution in [3.8, 4) is 0 Å². The van der Waals surface area contributed by atoms with E-state index < -0.39 is 6.03 Å². The molecule has 0 radical (unpaired) electrons. The van der Waals surface area contributed by atoms with E-state index in [0.29, 0.717) is 0 Å². The molecule has 0 aromatic carbocycles. The number of unbranched alkanes of at least 4 members (excludes halogenated alkanes) is 26. The minimum Gasteiger partial charge on any atom is -0.352 e. The van der Waals surface area contributed by atoms with Crippen LogP contribution >= 0.6 is 0 Å². The summed E-state index contributed by atoms with van der Waals surface area (Å²) in [4.78, 5) is 10.6. The van der Waals surface area contributed by atoms with Gasteiger partial charge in [-0.2, -0.15) is 0 Å². The Hall–Kier alpha value is -0.730. The Kier molecular flexibility index (Phi) is 28.7. The van der Waals surface area contributed by atoms with Crippen molar-refractivity contribution in [3.63, 3.8) is 0 Å². The standard InChI is InChI=1S/C30H62N2O/c1-2-3-4-5-6-7-8-9-10-11-12-13-14-15-16-17-18-19-20-21-22-23-24-25-26-27-28-29-32-30(31)33/h2-29H2,1H3,(H3,31,32,33). The van der Waals surface area contributed by atoms with Gasteiger partial charge in [0, 0.05) is 6.54 Å². The highest BCUT2D eigenvalue weighted by Gasteiger charge is 1.97. The van der Waals surface area contributed by atoms with Gasteiger partial charge in [0.15, 0.2) is 0 Å². The molecule has 0 aromatic heterocycles. The third-order valence-corrected chi connectivity index (χ3v) is 7.08. The first-order chi connectivity index (χ1) is 16.3. The number of nitrogens with two attached hydrogens (primary N) is 1. The lowest BCUT2D eigenvalue weighted by Crippen LogP contribution is -2.29. The molecule has 0 unspecified atom stereocenters. The Balaban J connectivity index is 3.01. The minimum absolute atomic E-state index is 0.398. The summed E-state index contributed by atoms with van der Waals surface area (Å²) in [7, 11) is 0. The number of amides is 2. The van der Waals surface area contributed by atoms with E-state index in [1.807, 2.05) is 0 Å². The van der Waals surface area contributed by atoms with Crippen molar-refractivity contribution >= 4 is 6.03 Å². The van der Waals surface area contributed by atoms with Gasteiger partial charge in [0.1, 0.15) is 0 Å². The zero-order chi connectivity index (χ0) is 24.1. The van der Waals surface area contributed by atoms with Crippen LogP contribution in [0.4, 0.5) is 4.79 Å². The molecule has 0 atom stereocenters. The SMILES string of the molecule is CCCCCCCCCCCCCCCCCCCCCCCCCCCCCNC(N)=O. The van der Waals surface area contributed by atoms with Crippen LogP contribution in [-0.4, -0.2) is 12.6 Å². The van der Waals surface area contributed by atoms with Crippen LogP contribution in [0, 0.1) is 0 Å². The molecule has 0 saturated heterocycles. The van der Waals surface area contributed by atoms with E-state index in [1.165, 1.54) is 167 Å². The van der Waals surface area contributed by atoms with E-state index in [1.54, 1.807) is 0 Å². The zero-order valence-electron chi connectivity index (χ0n) is 22.8. The molecule has 2 amide bonds. The first kappa shape index (κ1) is 32.3. The molecule has 3 heteroatoms. The van der Waals surface area contributed by atoms with Crippen molar-refractivity contribution in [3.05, 3.63) is 0 Å². The van der Waals surface area contributed by atoms with E-state index in [9.17, 15) is 4.79 Å². The fraction of sp³-hybridized carbons (Fsp3) is 0.967. The minimum atomic E-state index is -0.398. The molecule has 0 aliphatic rings. The second kappa shape index (κ2) is 29.3. The molecule has 0 heterocycles. The number of hydrogen-bond donors (Lipinski definition) is 2. The van der Waals surface area contributed by atoms with Crippen molar-refractivity contribution in [2.24, 2.45) is 5.73 Å². The molecular formula is C30H62N2O. The number of rotatable bonds is 28. The fourth-order valence-electron chi connectivity index (χ4n) is 4.83. The predicted molar refractivity (Wildman–Crippen MR) is 148 cm³/mol. The highest BCUT2D eigenvalue weighted by molar-refractivity contribution is 5.71. The Morgan fingerprint density at radius 1 is 0.424 bits per heavy atom. The van der Waals surface area contributed by atoms with Crippen molar-refractivity contribution in [1.82, 2.24) is 5.32 Å². The lowest BCUT2D eigenvalue weighted by atomic mass is 10.0. The Morgan fingerprint density at radius 2 is 0.636 bits per heavy atom. The van der Waals surface area contributed by atoms with Crippen molar-refractivity contribution in [2.75, 3.05) is 6.54 Å². The van der Waals surface area contributed by atoms with Crippen molar-refractivity contribution < 1.29 is 4.79 Å². The lowest BCUT2D eigenvalue weighted by molar-refractivity contribution is 0.248. The Labute approximate surface area is 208 Å². The molecule has 3 N–H and O–H groups in total. The summed E-state index contributed by atoms with van der Waals surface area (Å²) in [6.07, 6.45) is 38.3. The predicted octanol–water partition coefficient (Wildman–Crippen LogP) is 10.2. The van der Waals surface area contributed by atoms with Gasteiger partial charge < -0.3 is 11.1 Å². The van der Waals surface area contributed by atoms with Crippen LogP contribution in [0.2, 0.25) is 0 Å². The van der Waals surface area contributed by atoms with Crippen molar-refractivity contribution in [2.45, 2.75) is 180 Å². The number of carbonyl (C=O) groups is 1. The van der Waals surface area contributed by atoms with Crippen LogP contribution in [0.25, 0.3) is 0 Å². The molecule has 198 valence electrons. The normalized spacial score (nSPS) is 11.2. The summed E-state index contributed by atoms with van der Waals surface area (Å²) < 4.78 is 0. The van der Waals surface area contributed by atoms with Gasteiger partial charge in [-0.3, -0.25) is 0 Å². The number of urea groups is 1. The molecule has 0 aliphatic heterocycles. The van der Waals surface area contributed by atoms with Gasteiger partial charge in [-0.15, -0.1) is 0 Å². The average Bonchev–Trinajstić information content (AvgIpc) is 2.80. The molecule has 0 bridgehead atoms. The number of primary amides is 1. The van der Waals surface area contributed by atoms with Gasteiger partial charge in [-0.1, -0.05) is 174 Å². The molecule has 0 rings (SSSR count). The molecule has 0 aromatic rings. The highest BCUT2D eigenvalue weighted by Crippen LogP contribution is 2.16. The van der Waals surface area contributed by atoms with E-state index in [2.05, 4.69) is 12.2 Å². The third kappa shape index (κ3) is 31.3. The largest absolute Gasteiger partial charge is 0.352 e. The van der Waals surface area contributed by atoms with Gasteiger partial charge in [-0.05, 0) is 6.42 Å². The maximum Gasteiger partial charge on any atom is 0.312 e. The number of nitrogens with one attached hydrogen (secondary N) is 1. The van der Waals surface area contributed by atoms with Crippen LogP contribution < -0.4 is 11.1 Å². The van der Waals surface area contributed by atoms with Crippen LogP contribution in [0.5, 0.6) is 0 Å². The second-order valence-electron chi connectivity index (χ2n) is 10.5. The van der Waals surface area contributed by atoms with Gasteiger partial charge in [-0.25, -0.2) is 4.79 Å². The monoisotopic (exact) mass is 466 g/mol. The highest BCUT2D eigenvalue weighted by atomic mass is 16.2. The van der Waals surface area contributed by atoms with Gasteiger partial charge in [0.2, 0.25) is 0 Å². The molecule has 0 aliphatic carbocycles. The first-order valence-corrected chi connectivity index (χ1v) is 15.3. The van der Waals surface area contributed by atoms with Gasteiger partial charge in [0.05, 0.1) is 0 Å². The van der Waals surface area contributed by atoms with E-state index in [0.717, 1.165) is 13.0 Å². The maximum atomic E-state index is 10.6. The van der Waals surface area contributed by atoms with Crippen LogP contribution in [-0.2, 0) is 0 Å². The van der Waals surface area contributed by atoms with E-state index in [-0.39, 0.29) is 0 Å². The molecule has 33 heavy (non-hydrogen) atoms. The molecule has 3 nitrogen and oxygen atoms in total. The zero-order valence-corrected chi connectivity index (χ0v) is 22.8. The summed E-state index contributed by atoms with van der Waals surface area (Å²) in [6.45, 7) is 3.03. The van der Waals surface area contributed by atoms with Crippen LogP contribution in [0.3, 0.4) is 0 Å². The van der Waals surface area contributed by atoms with Crippen LogP contribution in [0.15, 0.2) is 0 Å². The molecule has 0 saturated carbocycles. The Bertz CT molecular complexity index is 372. The topological polar surface area (TPSA) is 55.1 Å². The number of hydrogen-bond acceptors (Lipinski definition) is 1. The summed E-state index contributed by atoms with van der Waals surface area (Å²) >= 11 is 0. The number of carbonyl (C=O) groups excluding carboxylic acids is 1. The smallest absolute Gasteiger partial charge is 0.312 e. The molecule has 0 spiro atoms. The maximum absolute atomic E-state index is 10.6. The third-order valence-electron chi connectivity index (χ3n) is 7.08. The summed E-state index contributed by atoms with van der Waals surface area (Å²) in [5.74, 6) is 0. The van der Waals surface area contributed by atoms with Gasteiger partial charge in [0.25, 0.3) is 0 Å². The summed E-state index contributed by atoms with van der Waals surface area (Å²) in [5.41, 5.74) is 5.05. The molecular weight excluding hydrogens is 404 g/mol. The Morgan fingerprint density at radius 3 is 0.848 bits per heavy atom. The summed E-state index contributed by atoms with van der Waals surface area (Å²) in [5, 5.41) is 2.65. The van der Waals surface area contributed by atoms with Crippen LogP contribution in [0.1, 0.15) is 180 Å². The first-order valence-electron chi connectivity index (χ1n) is 15.3. The lowest BCUT2D eigenvalue weighted by Gasteiger charge is -2.04. The van der Waals surface area contributed by atoms with Crippen molar-refractivity contribution in [1.29, 1.82) is 0 Å². The van der Waals surface area contributed by atoms with E-state index >= 15 is 0 Å². The summed E-state index contributed by atoms with van der Waals surface area (Å²) in [6, 6.07) is -0.398. The molecule has 0 fully saturated rings. The average molecular weight is 467 g/mol. The van der Waals surface area contributed by atoms with E-state index in [4.69, 9.17) is 5.73 Å². The fourth-order valence-corrected chi connectivity index (χ4v) is 4.83. The second-order valence-corrected chi connectivity index (χ2v) is 10.5. The quantitative estimate of drug-likeness (QED) is 0.111.